The Bertz CT molecular complexity index is 765. The van der Waals surface area contributed by atoms with Crippen LogP contribution in [-0.4, -0.2) is 34.8 Å². The van der Waals surface area contributed by atoms with Crippen molar-refractivity contribution in [1.29, 1.82) is 5.26 Å². The van der Waals surface area contributed by atoms with Gasteiger partial charge in [0.15, 0.2) is 0 Å². The van der Waals surface area contributed by atoms with E-state index in [9.17, 15) is 19.6 Å². The summed E-state index contributed by atoms with van der Waals surface area (Å²) in [5.74, 6) is -0.930. The molecule has 1 aliphatic carbocycles. The fraction of sp³-hybridized carbons (Fsp3) is 0.474. The number of carbonyl (C=O) groups is 3. The highest BCUT2D eigenvalue weighted by Gasteiger charge is 2.51. The van der Waals surface area contributed by atoms with Gasteiger partial charge in [0.2, 0.25) is 5.91 Å². The lowest BCUT2D eigenvalue weighted by Crippen LogP contribution is -2.50. The van der Waals surface area contributed by atoms with Crippen molar-refractivity contribution in [3.63, 3.8) is 0 Å². The highest BCUT2D eigenvalue weighted by atomic mass is 16.2. The monoisotopic (exact) mass is 354 g/mol. The molecule has 26 heavy (non-hydrogen) atoms. The normalized spacial score (nSPS) is 24.2. The Labute approximate surface area is 152 Å². The Hall–Kier alpha value is -2.88. The van der Waals surface area contributed by atoms with E-state index in [0.717, 1.165) is 17.7 Å². The van der Waals surface area contributed by atoms with Crippen molar-refractivity contribution in [2.75, 3.05) is 6.54 Å². The summed E-state index contributed by atoms with van der Waals surface area (Å²) in [6.07, 6.45) is 3.33. The highest BCUT2D eigenvalue weighted by molar-refractivity contribution is 6.09. The SMILES string of the molecule is CCC1(c2ccccc2)NC(=O)N(CC(=O)NC2(C#N)CCCC2)C1=O. The molecule has 1 saturated carbocycles. The van der Waals surface area contributed by atoms with Gasteiger partial charge < -0.3 is 10.6 Å². The van der Waals surface area contributed by atoms with Crippen LogP contribution in [0.15, 0.2) is 30.3 Å². The fourth-order valence-corrected chi connectivity index (χ4v) is 3.83. The molecular formula is C19H22N4O3. The first kappa shape index (κ1) is 17.9. The van der Waals surface area contributed by atoms with Gasteiger partial charge in [-0.15, -0.1) is 0 Å². The molecule has 0 bridgehead atoms. The van der Waals surface area contributed by atoms with Crippen LogP contribution in [0.25, 0.3) is 0 Å². The maximum atomic E-state index is 13.0. The van der Waals surface area contributed by atoms with Gasteiger partial charge in [-0.05, 0) is 37.7 Å². The van der Waals surface area contributed by atoms with Crippen LogP contribution >= 0.6 is 0 Å². The zero-order valence-corrected chi connectivity index (χ0v) is 14.7. The average Bonchev–Trinajstić information content (AvgIpc) is 3.21. The van der Waals surface area contributed by atoms with Crippen LogP contribution in [0.2, 0.25) is 0 Å². The molecule has 1 atom stereocenters. The molecule has 2 N–H and O–H groups in total. The minimum absolute atomic E-state index is 0.377. The van der Waals surface area contributed by atoms with E-state index in [0.29, 0.717) is 24.8 Å². The number of rotatable bonds is 5. The van der Waals surface area contributed by atoms with E-state index in [1.54, 1.807) is 24.3 Å². The first-order chi connectivity index (χ1) is 12.5. The van der Waals surface area contributed by atoms with Gasteiger partial charge in [-0.25, -0.2) is 4.79 Å². The van der Waals surface area contributed by atoms with Crippen LogP contribution in [0, 0.1) is 11.3 Å². The van der Waals surface area contributed by atoms with Crippen LogP contribution in [0.3, 0.4) is 0 Å². The molecule has 2 aliphatic rings. The maximum absolute atomic E-state index is 13.0. The van der Waals surface area contributed by atoms with Crippen molar-refractivity contribution in [1.82, 2.24) is 15.5 Å². The molecule has 0 aromatic heterocycles. The summed E-state index contributed by atoms with van der Waals surface area (Å²) in [7, 11) is 0. The van der Waals surface area contributed by atoms with Crippen molar-refractivity contribution < 1.29 is 14.4 Å². The van der Waals surface area contributed by atoms with Crippen molar-refractivity contribution in [3.8, 4) is 6.07 Å². The summed E-state index contributed by atoms with van der Waals surface area (Å²) >= 11 is 0. The number of nitrogens with one attached hydrogen (secondary N) is 2. The van der Waals surface area contributed by atoms with Gasteiger partial charge in [-0.2, -0.15) is 5.26 Å². The lowest BCUT2D eigenvalue weighted by atomic mass is 9.87. The van der Waals surface area contributed by atoms with Crippen LogP contribution in [0.1, 0.15) is 44.6 Å². The Morgan fingerprint density at radius 2 is 1.92 bits per heavy atom. The third-order valence-electron chi connectivity index (χ3n) is 5.32. The number of nitriles is 1. The summed E-state index contributed by atoms with van der Waals surface area (Å²) in [6, 6.07) is 10.6. The lowest BCUT2D eigenvalue weighted by molar-refractivity contribution is -0.135. The Morgan fingerprint density at radius 1 is 1.27 bits per heavy atom. The van der Waals surface area contributed by atoms with Crippen molar-refractivity contribution in [2.24, 2.45) is 0 Å². The molecule has 1 unspecified atom stereocenters. The Kier molecular flexibility index (Phi) is 4.68. The number of benzene rings is 1. The minimum Gasteiger partial charge on any atom is -0.336 e. The van der Waals surface area contributed by atoms with Gasteiger partial charge in [0.25, 0.3) is 5.91 Å². The average molecular weight is 354 g/mol. The van der Waals surface area contributed by atoms with E-state index in [2.05, 4.69) is 16.7 Å². The van der Waals surface area contributed by atoms with Gasteiger partial charge >= 0.3 is 6.03 Å². The molecule has 7 nitrogen and oxygen atoms in total. The molecular weight excluding hydrogens is 332 g/mol. The molecule has 2 fully saturated rings. The van der Waals surface area contributed by atoms with Gasteiger partial charge in [-0.3, -0.25) is 14.5 Å². The highest BCUT2D eigenvalue weighted by Crippen LogP contribution is 2.32. The molecule has 7 heteroatoms. The molecule has 1 aliphatic heterocycles. The van der Waals surface area contributed by atoms with E-state index < -0.39 is 28.9 Å². The molecule has 1 aromatic carbocycles. The van der Waals surface area contributed by atoms with Crippen molar-refractivity contribution in [2.45, 2.75) is 50.1 Å². The standard InChI is InChI=1S/C19H22N4O3/c1-2-19(14-8-4-3-5-9-14)16(25)23(17(26)22-19)12-15(24)21-18(13-20)10-6-7-11-18/h3-5,8-9H,2,6-7,10-12H2,1H3,(H,21,24)(H,22,26). The number of amides is 4. The topological polar surface area (TPSA) is 102 Å². The first-order valence-corrected chi connectivity index (χ1v) is 8.88. The molecule has 1 heterocycles. The molecule has 136 valence electrons. The van der Waals surface area contributed by atoms with E-state index in [-0.39, 0.29) is 6.54 Å². The van der Waals surface area contributed by atoms with Crippen LogP contribution in [-0.2, 0) is 15.1 Å². The largest absolute Gasteiger partial charge is 0.336 e. The Morgan fingerprint density at radius 3 is 2.50 bits per heavy atom. The van der Waals surface area contributed by atoms with Crippen LogP contribution in [0.5, 0.6) is 0 Å². The molecule has 4 amide bonds. The zero-order valence-electron chi connectivity index (χ0n) is 14.7. The number of imide groups is 1. The number of urea groups is 1. The summed E-state index contributed by atoms with van der Waals surface area (Å²) in [4.78, 5) is 38.7. The van der Waals surface area contributed by atoms with Gasteiger partial charge in [0, 0.05) is 0 Å². The second-order valence-electron chi connectivity index (χ2n) is 6.90. The first-order valence-electron chi connectivity index (χ1n) is 8.88. The second kappa shape index (κ2) is 6.79. The fourth-order valence-electron chi connectivity index (χ4n) is 3.83. The van der Waals surface area contributed by atoms with Crippen molar-refractivity contribution >= 4 is 17.8 Å². The van der Waals surface area contributed by atoms with Crippen LogP contribution in [0.4, 0.5) is 4.79 Å². The molecule has 0 radical (unpaired) electrons. The summed E-state index contributed by atoms with van der Waals surface area (Å²) in [5.41, 5.74) is -1.34. The summed E-state index contributed by atoms with van der Waals surface area (Å²) in [6.45, 7) is 1.43. The zero-order chi connectivity index (χ0) is 18.8. The van der Waals surface area contributed by atoms with Gasteiger partial charge in [0.1, 0.15) is 17.6 Å². The van der Waals surface area contributed by atoms with E-state index in [1.165, 1.54) is 0 Å². The number of carbonyl (C=O) groups excluding carboxylic acids is 3. The van der Waals surface area contributed by atoms with E-state index in [1.807, 2.05) is 13.0 Å². The lowest BCUT2D eigenvalue weighted by Gasteiger charge is -2.26. The van der Waals surface area contributed by atoms with Crippen molar-refractivity contribution in [3.05, 3.63) is 35.9 Å². The molecule has 1 aromatic rings. The Balaban J connectivity index is 1.77. The summed E-state index contributed by atoms with van der Waals surface area (Å²) < 4.78 is 0. The number of nitrogens with zero attached hydrogens (tertiary/aromatic N) is 2. The van der Waals surface area contributed by atoms with Gasteiger partial charge in [0.05, 0.1) is 6.07 Å². The molecule has 3 rings (SSSR count). The van der Waals surface area contributed by atoms with Gasteiger partial charge in [-0.1, -0.05) is 37.3 Å². The predicted octanol–water partition coefficient (Wildman–Crippen LogP) is 1.80. The third kappa shape index (κ3) is 2.92. The smallest absolute Gasteiger partial charge is 0.325 e. The van der Waals surface area contributed by atoms with E-state index >= 15 is 0 Å². The number of hydrogen-bond donors (Lipinski definition) is 2. The minimum atomic E-state index is -1.15. The predicted molar refractivity (Wildman–Crippen MR) is 93.6 cm³/mol. The third-order valence-corrected chi connectivity index (χ3v) is 5.32. The quantitative estimate of drug-likeness (QED) is 0.787. The summed E-state index contributed by atoms with van der Waals surface area (Å²) in [5, 5.41) is 14.8. The van der Waals surface area contributed by atoms with E-state index in [4.69, 9.17) is 0 Å². The molecule has 0 spiro atoms. The van der Waals surface area contributed by atoms with Crippen LogP contribution < -0.4 is 10.6 Å². The number of hydrogen-bond acceptors (Lipinski definition) is 4. The molecule has 1 saturated heterocycles. The maximum Gasteiger partial charge on any atom is 0.325 e. The second-order valence-corrected chi connectivity index (χ2v) is 6.90.